The minimum absolute atomic E-state index is 0.153. The number of aromatic hydroxyl groups is 2. The number of nitrogens with zero attached hydrogens (tertiary/aromatic N) is 1. The van der Waals surface area contributed by atoms with Crippen LogP contribution in [-0.2, 0) is 19.4 Å². The van der Waals surface area contributed by atoms with E-state index in [2.05, 4.69) is 11.9 Å². The van der Waals surface area contributed by atoms with Crippen molar-refractivity contribution in [1.82, 2.24) is 4.90 Å². The number of hydrogen-bond acceptors (Lipinski definition) is 5. The quantitative estimate of drug-likeness (QED) is 0.783. The molecular formula is C20H24N2O3. The van der Waals surface area contributed by atoms with Crippen LogP contribution in [0.25, 0.3) is 11.1 Å². The first-order chi connectivity index (χ1) is 12.0. The largest absolute Gasteiger partial charge is 0.508 e. The molecule has 1 aliphatic heterocycles. The zero-order valence-electron chi connectivity index (χ0n) is 14.9. The van der Waals surface area contributed by atoms with Gasteiger partial charge in [-0.2, -0.15) is 0 Å². The summed E-state index contributed by atoms with van der Waals surface area (Å²) >= 11 is 0. The highest BCUT2D eigenvalue weighted by molar-refractivity contribution is 5.85. The van der Waals surface area contributed by atoms with Crippen molar-refractivity contribution in [3.05, 3.63) is 39.9 Å². The van der Waals surface area contributed by atoms with E-state index in [9.17, 15) is 10.2 Å². The Morgan fingerprint density at radius 3 is 2.76 bits per heavy atom. The molecule has 0 spiro atoms. The monoisotopic (exact) mass is 340 g/mol. The van der Waals surface area contributed by atoms with Crippen molar-refractivity contribution >= 4 is 0 Å². The first kappa shape index (κ1) is 16.2. The minimum Gasteiger partial charge on any atom is -0.508 e. The van der Waals surface area contributed by atoms with Gasteiger partial charge >= 0.3 is 0 Å². The zero-order valence-corrected chi connectivity index (χ0v) is 14.9. The summed E-state index contributed by atoms with van der Waals surface area (Å²) in [5, 5.41) is 21.0. The molecule has 0 fully saturated rings. The highest BCUT2D eigenvalue weighted by Crippen LogP contribution is 2.54. The van der Waals surface area contributed by atoms with Gasteiger partial charge in [-0.25, -0.2) is 0 Å². The number of phenolic OH excluding ortho intramolecular Hbond substituents is 2. The van der Waals surface area contributed by atoms with Crippen LogP contribution in [0.2, 0.25) is 0 Å². The van der Waals surface area contributed by atoms with Gasteiger partial charge in [0.2, 0.25) is 0 Å². The molecule has 132 valence electrons. The van der Waals surface area contributed by atoms with Gasteiger partial charge in [-0.3, -0.25) is 4.90 Å². The number of fused-ring (bicyclic) bond motifs is 2. The Morgan fingerprint density at radius 2 is 2.08 bits per heavy atom. The van der Waals surface area contributed by atoms with Gasteiger partial charge in [0.05, 0.1) is 7.11 Å². The molecule has 1 aliphatic carbocycles. The van der Waals surface area contributed by atoms with E-state index in [0.29, 0.717) is 18.0 Å². The standard InChI is InChI=1S/C20H24N2O3/c1-10-6-13-11(8-16(10)23)7-15-17-12(4-5-22(15)2)14(9-21)19(24)20(25-3)18(13)17/h6,8,15,23-24H,4-5,7,9,21H2,1-3H3. The number of hydrogen-bond donors (Lipinski definition) is 3. The topological polar surface area (TPSA) is 79.0 Å². The van der Waals surface area contributed by atoms with Crippen LogP contribution in [0.3, 0.4) is 0 Å². The smallest absolute Gasteiger partial charge is 0.168 e. The van der Waals surface area contributed by atoms with Crippen molar-refractivity contribution in [2.75, 3.05) is 20.7 Å². The number of ether oxygens (including phenoxy) is 1. The molecular weight excluding hydrogens is 316 g/mol. The van der Waals surface area contributed by atoms with Gasteiger partial charge in [0.25, 0.3) is 0 Å². The predicted molar refractivity (Wildman–Crippen MR) is 97.2 cm³/mol. The molecule has 0 amide bonds. The van der Waals surface area contributed by atoms with E-state index in [1.54, 1.807) is 7.11 Å². The fourth-order valence-corrected chi connectivity index (χ4v) is 4.45. The van der Waals surface area contributed by atoms with Crippen molar-refractivity contribution in [1.29, 1.82) is 0 Å². The highest BCUT2D eigenvalue weighted by Gasteiger charge is 2.38. The summed E-state index contributed by atoms with van der Waals surface area (Å²) < 4.78 is 5.63. The van der Waals surface area contributed by atoms with Crippen LogP contribution in [-0.4, -0.2) is 35.8 Å². The average Bonchev–Trinajstić information content (AvgIpc) is 2.59. The third-order valence-corrected chi connectivity index (χ3v) is 5.78. The van der Waals surface area contributed by atoms with Crippen LogP contribution in [0.1, 0.15) is 33.9 Å². The first-order valence-corrected chi connectivity index (χ1v) is 8.65. The van der Waals surface area contributed by atoms with Crippen LogP contribution in [0, 0.1) is 6.92 Å². The lowest BCUT2D eigenvalue weighted by Gasteiger charge is -2.41. The van der Waals surface area contributed by atoms with Gasteiger partial charge in [-0.05, 0) is 66.8 Å². The van der Waals surface area contributed by atoms with E-state index in [1.807, 2.05) is 19.1 Å². The maximum Gasteiger partial charge on any atom is 0.168 e. The van der Waals surface area contributed by atoms with E-state index in [1.165, 1.54) is 5.56 Å². The Morgan fingerprint density at radius 1 is 1.32 bits per heavy atom. The number of likely N-dealkylation sites (N-methyl/N-ethyl adjacent to an activating group) is 1. The van der Waals surface area contributed by atoms with Crippen molar-refractivity contribution in [3.8, 4) is 28.4 Å². The zero-order chi connectivity index (χ0) is 17.9. The third kappa shape index (κ3) is 2.16. The van der Waals surface area contributed by atoms with Gasteiger partial charge in [0, 0.05) is 30.3 Å². The van der Waals surface area contributed by atoms with E-state index in [0.717, 1.165) is 52.8 Å². The average molecular weight is 340 g/mol. The van der Waals surface area contributed by atoms with E-state index >= 15 is 0 Å². The molecule has 0 radical (unpaired) electrons. The summed E-state index contributed by atoms with van der Waals surface area (Å²) in [6.07, 6.45) is 1.70. The van der Waals surface area contributed by atoms with Crippen LogP contribution in [0.4, 0.5) is 0 Å². The van der Waals surface area contributed by atoms with Gasteiger partial charge in [-0.1, -0.05) is 0 Å². The number of methoxy groups -OCH3 is 1. The van der Waals surface area contributed by atoms with Crippen molar-refractivity contribution in [3.63, 3.8) is 0 Å². The Balaban J connectivity index is 2.13. The summed E-state index contributed by atoms with van der Waals surface area (Å²) in [5.41, 5.74) is 13.0. The van der Waals surface area contributed by atoms with E-state index in [4.69, 9.17) is 10.5 Å². The molecule has 5 nitrogen and oxygen atoms in total. The Labute approximate surface area is 147 Å². The molecule has 4 N–H and O–H groups in total. The molecule has 0 saturated carbocycles. The summed E-state index contributed by atoms with van der Waals surface area (Å²) in [6.45, 7) is 3.10. The van der Waals surface area contributed by atoms with Crippen LogP contribution in [0.15, 0.2) is 12.1 Å². The fraction of sp³-hybridized carbons (Fsp3) is 0.400. The lowest BCUT2D eigenvalue weighted by Crippen LogP contribution is -2.36. The maximum absolute atomic E-state index is 10.8. The summed E-state index contributed by atoms with van der Waals surface area (Å²) in [5.74, 6) is 0.953. The number of benzene rings is 2. The normalized spacial score (nSPS) is 18.6. The molecule has 5 heteroatoms. The lowest BCUT2D eigenvalue weighted by atomic mass is 9.74. The number of rotatable bonds is 2. The number of phenols is 2. The fourth-order valence-electron chi connectivity index (χ4n) is 4.45. The first-order valence-electron chi connectivity index (χ1n) is 8.65. The molecule has 2 aromatic carbocycles. The molecule has 4 rings (SSSR count). The number of nitrogens with two attached hydrogens (primary N) is 1. The molecule has 1 atom stereocenters. The molecule has 1 heterocycles. The van der Waals surface area contributed by atoms with Gasteiger partial charge in [0.1, 0.15) is 5.75 Å². The van der Waals surface area contributed by atoms with E-state index < -0.39 is 0 Å². The Bertz CT molecular complexity index is 876. The van der Waals surface area contributed by atoms with Crippen molar-refractivity contribution in [2.24, 2.45) is 5.73 Å². The second-order valence-corrected chi connectivity index (χ2v) is 7.08. The second kappa shape index (κ2) is 5.64. The van der Waals surface area contributed by atoms with Crippen LogP contribution in [0.5, 0.6) is 17.2 Å². The van der Waals surface area contributed by atoms with Crippen LogP contribution < -0.4 is 10.5 Å². The molecule has 0 bridgehead atoms. The van der Waals surface area contributed by atoms with Gasteiger partial charge < -0.3 is 20.7 Å². The molecule has 2 aliphatic rings. The highest BCUT2D eigenvalue weighted by atomic mass is 16.5. The third-order valence-electron chi connectivity index (χ3n) is 5.78. The maximum atomic E-state index is 10.8. The van der Waals surface area contributed by atoms with E-state index in [-0.39, 0.29) is 11.8 Å². The van der Waals surface area contributed by atoms with Gasteiger partial charge in [0.15, 0.2) is 11.5 Å². The molecule has 25 heavy (non-hydrogen) atoms. The molecule has 0 saturated heterocycles. The summed E-state index contributed by atoms with van der Waals surface area (Å²) in [6, 6.07) is 4.05. The molecule has 1 unspecified atom stereocenters. The minimum atomic E-state index is 0.153. The molecule has 2 aromatic rings. The van der Waals surface area contributed by atoms with Crippen molar-refractivity contribution < 1.29 is 14.9 Å². The van der Waals surface area contributed by atoms with Crippen LogP contribution >= 0.6 is 0 Å². The lowest BCUT2D eigenvalue weighted by molar-refractivity contribution is 0.226. The second-order valence-electron chi connectivity index (χ2n) is 7.08. The Hall–Kier alpha value is -2.24. The SMILES string of the molecule is COc1c(O)c(CN)c2c3c1-c1cc(C)c(O)cc1CC3N(C)CC2. The summed E-state index contributed by atoms with van der Waals surface area (Å²) in [4.78, 5) is 2.34. The molecule has 0 aromatic heterocycles. The van der Waals surface area contributed by atoms with Gasteiger partial charge in [-0.15, -0.1) is 0 Å². The predicted octanol–water partition coefficient (Wildman–Crippen LogP) is 2.63. The number of aryl methyl sites for hydroxylation is 1. The Kier molecular flexibility index (Phi) is 3.67. The van der Waals surface area contributed by atoms with Crippen molar-refractivity contribution in [2.45, 2.75) is 32.4 Å². The summed E-state index contributed by atoms with van der Waals surface area (Å²) in [7, 11) is 3.71.